The van der Waals surface area contributed by atoms with Crippen LogP contribution in [0.4, 0.5) is 0 Å². The molecule has 0 aliphatic rings. The molecule has 15 heavy (non-hydrogen) atoms. The highest BCUT2D eigenvalue weighted by molar-refractivity contribution is 5.81. The molecule has 0 saturated carbocycles. The van der Waals surface area contributed by atoms with Gasteiger partial charge in [-0.05, 0) is 25.1 Å². The van der Waals surface area contributed by atoms with Crippen LogP contribution in [0.2, 0.25) is 0 Å². The lowest BCUT2D eigenvalue weighted by Crippen LogP contribution is -2.15. The number of aromatic nitrogens is 2. The second-order valence-corrected chi connectivity index (χ2v) is 3.58. The van der Waals surface area contributed by atoms with E-state index in [4.69, 9.17) is 5.73 Å². The Bertz CT molecular complexity index is 545. The van der Waals surface area contributed by atoms with Crippen molar-refractivity contribution in [3.05, 3.63) is 39.9 Å². The van der Waals surface area contributed by atoms with E-state index in [-0.39, 0.29) is 5.69 Å². The number of hydrogen-bond acceptors (Lipinski definition) is 3. The molecule has 0 spiro atoms. The summed E-state index contributed by atoms with van der Waals surface area (Å²) in [6.45, 7) is 2.49. The van der Waals surface area contributed by atoms with Gasteiger partial charge in [0.05, 0.1) is 5.52 Å². The Kier molecular flexibility index (Phi) is 2.51. The molecule has 1 aromatic carbocycles. The van der Waals surface area contributed by atoms with E-state index in [9.17, 15) is 4.79 Å². The number of fused-ring (bicyclic) bond motifs is 1. The largest absolute Gasteiger partial charge is 0.345 e. The van der Waals surface area contributed by atoms with Gasteiger partial charge in [0, 0.05) is 17.5 Å². The Morgan fingerprint density at radius 2 is 2.27 bits per heavy atom. The summed E-state index contributed by atoms with van der Waals surface area (Å²) in [5.41, 5.74) is 7.88. The molecule has 78 valence electrons. The first-order valence-electron chi connectivity index (χ1n) is 4.90. The monoisotopic (exact) mass is 203 g/mol. The number of nitrogens with one attached hydrogen (secondary N) is 1. The predicted octanol–water partition coefficient (Wildman–Crippen LogP) is 0.733. The zero-order valence-electron chi connectivity index (χ0n) is 8.58. The molecule has 0 fully saturated rings. The van der Waals surface area contributed by atoms with Crippen molar-refractivity contribution >= 4 is 10.9 Å². The van der Waals surface area contributed by atoms with Gasteiger partial charge in [-0.3, -0.25) is 0 Å². The van der Waals surface area contributed by atoms with Crippen molar-refractivity contribution in [1.82, 2.24) is 9.97 Å². The Morgan fingerprint density at radius 1 is 1.47 bits per heavy atom. The van der Waals surface area contributed by atoms with Crippen LogP contribution in [0, 0.1) is 6.92 Å². The van der Waals surface area contributed by atoms with Crippen LogP contribution in [0.3, 0.4) is 0 Å². The van der Waals surface area contributed by atoms with Crippen molar-refractivity contribution in [2.45, 2.75) is 13.3 Å². The number of nitrogens with two attached hydrogens (primary N) is 1. The molecule has 0 unspecified atom stereocenters. The number of aromatic amines is 1. The molecule has 0 aliphatic heterocycles. The van der Waals surface area contributed by atoms with Crippen molar-refractivity contribution in [2.24, 2.45) is 5.73 Å². The maximum absolute atomic E-state index is 11.3. The molecular weight excluding hydrogens is 190 g/mol. The number of aryl methyl sites for hydroxylation is 1. The molecular formula is C11H13N3O. The Balaban J connectivity index is 2.74. The summed E-state index contributed by atoms with van der Waals surface area (Å²) in [6, 6.07) is 5.88. The zero-order valence-corrected chi connectivity index (χ0v) is 8.58. The second-order valence-electron chi connectivity index (χ2n) is 3.58. The number of nitrogens with zero attached hydrogens (tertiary/aromatic N) is 1. The average Bonchev–Trinajstić information content (AvgIpc) is 2.17. The zero-order chi connectivity index (χ0) is 10.8. The van der Waals surface area contributed by atoms with Gasteiger partial charge in [0.1, 0.15) is 0 Å². The van der Waals surface area contributed by atoms with Crippen molar-refractivity contribution in [1.29, 1.82) is 0 Å². The minimum absolute atomic E-state index is 0.309. The Hall–Kier alpha value is -1.68. The first-order valence-corrected chi connectivity index (χ1v) is 4.90. The van der Waals surface area contributed by atoms with Gasteiger partial charge in [-0.25, -0.2) is 4.79 Å². The minimum atomic E-state index is -0.309. The fourth-order valence-corrected chi connectivity index (χ4v) is 1.66. The Morgan fingerprint density at radius 3 is 3.00 bits per heavy atom. The fraction of sp³-hybridized carbons (Fsp3) is 0.273. The molecule has 3 N–H and O–H groups in total. The lowest BCUT2D eigenvalue weighted by Gasteiger charge is -2.04. The molecule has 1 heterocycles. The lowest BCUT2D eigenvalue weighted by atomic mass is 10.1. The average molecular weight is 203 g/mol. The van der Waals surface area contributed by atoms with Gasteiger partial charge in [-0.2, -0.15) is 4.98 Å². The van der Waals surface area contributed by atoms with E-state index in [0.717, 1.165) is 22.2 Å². The summed E-state index contributed by atoms with van der Waals surface area (Å²) in [4.78, 5) is 17.9. The molecule has 0 radical (unpaired) electrons. The van der Waals surface area contributed by atoms with Gasteiger partial charge < -0.3 is 10.7 Å². The molecule has 4 nitrogen and oxygen atoms in total. The van der Waals surface area contributed by atoms with Crippen molar-refractivity contribution < 1.29 is 0 Å². The van der Waals surface area contributed by atoms with E-state index in [1.807, 2.05) is 25.1 Å². The molecule has 1 aromatic heterocycles. The molecule has 0 bridgehead atoms. The molecule has 0 saturated heterocycles. The van der Waals surface area contributed by atoms with Crippen LogP contribution in [0.1, 0.15) is 11.3 Å². The highest BCUT2D eigenvalue weighted by Crippen LogP contribution is 2.14. The standard InChI is InChI=1S/C11H13N3O/c1-7-2-3-8-9(4-5-12)13-11(15)14-10(8)6-7/h2-3,6H,4-5,12H2,1H3,(H,13,14,15). The summed E-state index contributed by atoms with van der Waals surface area (Å²) in [5, 5.41) is 0.977. The van der Waals surface area contributed by atoms with Crippen LogP contribution in [0.25, 0.3) is 10.9 Å². The van der Waals surface area contributed by atoms with Gasteiger partial charge in [-0.1, -0.05) is 12.1 Å². The topological polar surface area (TPSA) is 71.8 Å². The molecule has 0 amide bonds. The summed E-state index contributed by atoms with van der Waals surface area (Å²) in [7, 11) is 0. The van der Waals surface area contributed by atoms with Crippen LogP contribution in [-0.4, -0.2) is 16.5 Å². The maximum atomic E-state index is 11.3. The third-order valence-electron chi connectivity index (χ3n) is 2.35. The summed E-state index contributed by atoms with van der Waals surface area (Å²) >= 11 is 0. The van der Waals surface area contributed by atoms with Gasteiger partial charge in [0.15, 0.2) is 0 Å². The lowest BCUT2D eigenvalue weighted by molar-refractivity contribution is 0.910. The summed E-state index contributed by atoms with van der Waals surface area (Å²) in [5.74, 6) is 0. The Labute approximate surface area is 87.1 Å². The number of rotatable bonds is 2. The highest BCUT2D eigenvalue weighted by atomic mass is 16.1. The van der Waals surface area contributed by atoms with E-state index < -0.39 is 0 Å². The third kappa shape index (κ3) is 1.89. The van der Waals surface area contributed by atoms with Crippen LogP contribution in [-0.2, 0) is 6.42 Å². The highest BCUT2D eigenvalue weighted by Gasteiger charge is 2.03. The maximum Gasteiger partial charge on any atom is 0.345 e. The number of benzene rings is 1. The van der Waals surface area contributed by atoms with E-state index in [1.165, 1.54) is 0 Å². The van der Waals surface area contributed by atoms with Crippen LogP contribution in [0.15, 0.2) is 23.0 Å². The second kappa shape index (κ2) is 3.82. The van der Waals surface area contributed by atoms with E-state index >= 15 is 0 Å². The van der Waals surface area contributed by atoms with Gasteiger partial charge in [-0.15, -0.1) is 0 Å². The molecule has 0 aliphatic carbocycles. The molecule has 4 heteroatoms. The minimum Gasteiger partial charge on any atom is -0.330 e. The van der Waals surface area contributed by atoms with E-state index in [2.05, 4.69) is 9.97 Å². The van der Waals surface area contributed by atoms with E-state index in [1.54, 1.807) is 0 Å². The van der Waals surface area contributed by atoms with Crippen LogP contribution < -0.4 is 11.4 Å². The first kappa shape index (κ1) is 9.86. The molecule has 0 atom stereocenters. The SMILES string of the molecule is Cc1ccc2c(CCN)[nH]c(=O)nc2c1. The van der Waals surface area contributed by atoms with E-state index in [0.29, 0.717) is 13.0 Å². The molecule has 2 aromatic rings. The van der Waals surface area contributed by atoms with Gasteiger partial charge in [0.25, 0.3) is 0 Å². The van der Waals surface area contributed by atoms with Gasteiger partial charge >= 0.3 is 5.69 Å². The van der Waals surface area contributed by atoms with Crippen LogP contribution >= 0.6 is 0 Å². The smallest absolute Gasteiger partial charge is 0.330 e. The first-order chi connectivity index (χ1) is 7.20. The number of H-pyrrole nitrogens is 1. The fourth-order valence-electron chi connectivity index (χ4n) is 1.66. The third-order valence-corrected chi connectivity index (χ3v) is 2.35. The number of hydrogen-bond donors (Lipinski definition) is 2. The van der Waals surface area contributed by atoms with Gasteiger partial charge in [0.2, 0.25) is 0 Å². The predicted molar refractivity (Wildman–Crippen MR) is 59.9 cm³/mol. The summed E-state index contributed by atoms with van der Waals surface area (Å²) in [6.07, 6.45) is 0.664. The normalized spacial score (nSPS) is 10.8. The summed E-state index contributed by atoms with van der Waals surface area (Å²) < 4.78 is 0. The molecule has 2 rings (SSSR count). The van der Waals surface area contributed by atoms with Crippen molar-refractivity contribution in [3.8, 4) is 0 Å². The van der Waals surface area contributed by atoms with Crippen molar-refractivity contribution in [2.75, 3.05) is 6.54 Å². The van der Waals surface area contributed by atoms with Crippen molar-refractivity contribution in [3.63, 3.8) is 0 Å². The van der Waals surface area contributed by atoms with Crippen LogP contribution in [0.5, 0.6) is 0 Å². The quantitative estimate of drug-likeness (QED) is 0.756.